The van der Waals surface area contributed by atoms with Gasteiger partial charge in [0.2, 0.25) is 0 Å². The number of aliphatic hydroxyl groups is 1. The lowest BCUT2D eigenvalue weighted by Gasteiger charge is -2.39. The molecule has 1 N–H and O–H groups in total. The molecule has 29 heavy (non-hydrogen) atoms. The molecule has 0 aliphatic carbocycles. The maximum absolute atomic E-state index is 9.52. The second-order valence-electron chi connectivity index (χ2n) is 6.95. The number of ether oxygens (including phenoxy) is 1. The Bertz CT molecular complexity index is 1000. The highest BCUT2D eigenvalue weighted by Gasteiger charge is 2.31. The van der Waals surface area contributed by atoms with Gasteiger partial charge in [-0.25, -0.2) is 4.99 Å². The SMILES string of the molecule is COc1ccc(C2=Nc3cc(Br)ccc3C(c3ccccc3)N2CCCO)cc1. The van der Waals surface area contributed by atoms with Crippen LogP contribution in [0, 0.1) is 0 Å². The minimum absolute atomic E-state index is 0.0282. The molecule has 0 saturated carbocycles. The number of amidine groups is 1. The van der Waals surface area contributed by atoms with Crippen LogP contribution in [0.3, 0.4) is 0 Å². The van der Waals surface area contributed by atoms with Gasteiger partial charge in [0.15, 0.2) is 0 Å². The highest BCUT2D eigenvalue weighted by molar-refractivity contribution is 9.10. The van der Waals surface area contributed by atoms with Gasteiger partial charge in [0.25, 0.3) is 0 Å². The fourth-order valence-electron chi connectivity index (χ4n) is 3.75. The lowest BCUT2D eigenvalue weighted by Crippen LogP contribution is -2.39. The number of nitrogens with zero attached hydrogens (tertiary/aromatic N) is 2. The Balaban J connectivity index is 1.89. The van der Waals surface area contributed by atoms with Crippen LogP contribution >= 0.6 is 15.9 Å². The van der Waals surface area contributed by atoms with E-state index in [9.17, 15) is 5.11 Å². The summed E-state index contributed by atoms with van der Waals surface area (Å²) in [5, 5.41) is 9.52. The first-order valence-electron chi connectivity index (χ1n) is 9.66. The quantitative estimate of drug-likeness (QED) is 0.552. The molecule has 3 aromatic rings. The summed E-state index contributed by atoms with van der Waals surface area (Å²) in [6, 6.07) is 24.7. The van der Waals surface area contributed by atoms with Crippen molar-refractivity contribution in [1.29, 1.82) is 0 Å². The van der Waals surface area contributed by atoms with Crippen LogP contribution in [0.2, 0.25) is 0 Å². The molecule has 0 bridgehead atoms. The van der Waals surface area contributed by atoms with Crippen molar-refractivity contribution in [3.63, 3.8) is 0 Å². The number of methoxy groups -OCH3 is 1. The van der Waals surface area contributed by atoms with E-state index in [0.29, 0.717) is 13.0 Å². The largest absolute Gasteiger partial charge is 0.497 e. The minimum Gasteiger partial charge on any atom is -0.497 e. The zero-order valence-corrected chi connectivity index (χ0v) is 17.8. The van der Waals surface area contributed by atoms with Crippen molar-refractivity contribution in [3.8, 4) is 5.75 Å². The highest BCUT2D eigenvalue weighted by atomic mass is 79.9. The Morgan fingerprint density at radius 2 is 1.79 bits per heavy atom. The predicted molar refractivity (Wildman–Crippen MR) is 120 cm³/mol. The average Bonchev–Trinajstić information content (AvgIpc) is 2.77. The van der Waals surface area contributed by atoms with E-state index in [4.69, 9.17) is 9.73 Å². The maximum atomic E-state index is 9.52. The normalized spacial score (nSPS) is 15.6. The molecule has 1 unspecified atom stereocenters. The highest BCUT2D eigenvalue weighted by Crippen LogP contribution is 2.41. The maximum Gasteiger partial charge on any atom is 0.137 e. The first-order valence-corrected chi connectivity index (χ1v) is 10.5. The minimum atomic E-state index is 0.0282. The number of hydrogen-bond donors (Lipinski definition) is 1. The van der Waals surface area contributed by atoms with E-state index in [1.54, 1.807) is 7.11 Å². The summed E-state index contributed by atoms with van der Waals surface area (Å²) in [5.41, 5.74) is 4.35. The third kappa shape index (κ3) is 4.07. The van der Waals surface area contributed by atoms with Crippen LogP contribution in [-0.4, -0.2) is 36.1 Å². The molecular formula is C24H23BrN2O2. The van der Waals surface area contributed by atoms with Crippen molar-refractivity contribution in [2.24, 2.45) is 4.99 Å². The molecule has 1 atom stereocenters. The van der Waals surface area contributed by atoms with E-state index in [0.717, 1.165) is 32.9 Å². The molecule has 4 rings (SSSR count). The monoisotopic (exact) mass is 450 g/mol. The molecule has 148 valence electrons. The van der Waals surface area contributed by atoms with E-state index in [2.05, 4.69) is 63.3 Å². The Labute approximate surface area is 179 Å². The van der Waals surface area contributed by atoms with Gasteiger partial charge in [-0.15, -0.1) is 0 Å². The van der Waals surface area contributed by atoms with E-state index in [1.807, 2.05) is 30.3 Å². The molecule has 1 aliphatic rings. The first kappa shape index (κ1) is 19.7. The number of fused-ring (bicyclic) bond motifs is 1. The van der Waals surface area contributed by atoms with E-state index in [1.165, 1.54) is 5.56 Å². The van der Waals surface area contributed by atoms with Crippen molar-refractivity contribution >= 4 is 27.5 Å². The Morgan fingerprint density at radius 1 is 1.03 bits per heavy atom. The summed E-state index contributed by atoms with van der Waals surface area (Å²) < 4.78 is 6.32. The summed E-state index contributed by atoms with van der Waals surface area (Å²) >= 11 is 3.59. The van der Waals surface area contributed by atoms with E-state index < -0.39 is 0 Å². The van der Waals surface area contributed by atoms with Gasteiger partial charge >= 0.3 is 0 Å². The number of aliphatic imine (C=N–C) groups is 1. The molecule has 0 spiro atoms. The van der Waals surface area contributed by atoms with Crippen molar-refractivity contribution in [2.75, 3.05) is 20.3 Å². The molecule has 0 aromatic heterocycles. The molecular weight excluding hydrogens is 428 g/mol. The summed E-state index contributed by atoms with van der Waals surface area (Å²) in [5.74, 6) is 1.72. The molecule has 5 heteroatoms. The van der Waals surface area contributed by atoms with E-state index in [-0.39, 0.29) is 12.6 Å². The van der Waals surface area contributed by atoms with Gasteiger partial charge in [-0.05, 0) is 48.4 Å². The number of hydrogen-bond acceptors (Lipinski definition) is 4. The topological polar surface area (TPSA) is 45.1 Å². The lowest BCUT2D eigenvalue weighted by atomic mass is 9.92. The summed E-state index contributed by atoms with van der Waals surface area (Å²) in [4.78, 5) is 7.33. The molecule has 0 fully saturated rings. The van der Waals surface area contributed by atoms with Crippen LogP contribution in [0.4, 0.5) is 5.69 Å². The van der Waals surface area contributed by atoms with Gasteiger partial charge in [-0.2, -0.15) is 0 Å². The van der Waals surface area contributed by atoms with Gasteiger partial charge in [-0.1, -0.05) is 52.3 Å². The average molecular weight is 451 g/mol. The summed E-state index contributed by atoms with van der Waals surface area (Å²) in [7, 11) is 1.67. The second kappa shape index (κ2) is 8.80. The van der Waals surface area contributed by atoms with Crippen molar-refractivity contribution < 1.29 is 9.84 Å². The van der Waals surface area contributed by atoms with Crippen LogP contribution in [0.25, 0.3) is 0 Å². The number of benzene rings is 3. The van der Waals surface area contributed by atoms with Gasteiger partial charge in [0.05, 0.1) is 18.8 Å². The number of rotatable bonds is 6. The van der Waals surface area contributed by atoms with Crippen LogP contribution in [0.1, 0.15) is 29.2 Å². The fraction of sp³-hybridized carbons (Fsp3) is 0.208. The Kier molecular flexibility index (Phi) is 5.97. The van der Waals surface area contributed by atoms with Gasteiger partial charge < -0.3 is 14.7 Å². The van der Waals surface area contributed by atoms with Crippen LogP contribution < -0.4 is 4.74 Å². The van der Waals surface area contributed by atoms with Crippen molar-refractivity contribution in [1.82, 2.24) is 4.90 Å². The molecule has 0 amide bonds. The third-order valence-electron chi connectivity index (χ3n) is 5.12. The lowest BCUT2D eigenvalue weighted by molar-refractivity contribution is 0.254. The second-order valence-corrected chi connectivity index (χ2v) is 7.87. The Hall–Kier alpha value is -2.63. The van der Waals surface area contributed by atoms with Gasteiger partial charge in [-0.3, -0.25) is 0 Å². The molecule has 0 radical (unpaired) electrons. The number of aliphatic hydroxyl groups excluding tert-OH is 1. The van der Waals surface area contributed by atoms with Crippen LogP contribution in [-0.2, 0) is 0 Å². The zero-order valence-electron chi connectivity index (χ0n) is 16.3. The molecule has 1 aliphatic heterocycles. The Morgan fingerprint density at radius 3 is 2.48 bits per heavy atom. The van der Waals surface area contributed by atoms with E-state index >= 15 is 0 Å². The third-order valence-corrected chi connectivity index (χ3v) is 5.61. The van der Waals surface area contributed by atoms with Crippen LogP contribution in [0.5, 0.6) is 5.75 Å². The summed E-state index contributed by atoms with van der Waals surface area (Å²) in [6.45, 7) is 0.845. The molecule has 1 heterocycles. The number of halogens is 1. The fourth-order valence-corrected chi connectivity index (χ4v) is 4.10. The van der Waals surface area contributed by atoms with Crippen LogP contribution in [0.15, 0.2) is 82.3 Å². The molecule has 3 aromatic carbocycles. The molecule has 0 saturated heterocycles. The smallest absolute Gasteiger partial charge is 0.137 e. The predicted octanol–water partition coefficient (Wildman–Crippen LogP) is 5.32. The van der Waals surface area contributed by atoms with Gasteiger partial charge in [0.1, 0.15) is 11.6 Å². The summed E-state index contributed by atoms with van der Waals surface area (Å²) in [6.07, 6.45) is 0.671. The molecule has 4 nitrogen and oxygen atoms in total. The zero-order chi connectivity index (χ0) is 20.2. The van der Waals surface area contributed by atoms with Gasteiger partial charge in [0, 0.05) is 28.8 Å². The van der Waals surface area contributed by atoms with Crippen molar-refractivity contribution in [3.05, 3.63) is 94.0 Å². The van der Waals surface area contributed by atoms with Crippen molar-refractivity contribution in [2.45, 2.75) is 12.5 Å². The first-order chi connectivity index (χ1) is 14.2. The standard InChI is InChI=1S/C24H23BrN2O2/c1-29-20-11-8-18(9-12-20)24-26-22-16-19(25)10-13-21(22)23(27(24)14-5-15-28)17-6-3-2-4-7-17/h2-4,6-13,16,23,28H,5,14-15H2,1H3.